The quantitative estimate of drug-likeness (QED) is 0.216. The maximum absolute atomic E-state index is 11.3. The van der Waals surface area contributed by atoms with Gasteiger partial charge in [-0.15, -0.1) is 4.28 Å². The van der Waals surface area contributed by atoms with E-state index in [1.54, 1.807) is 0 Å². The molecule has 0 rings (SSSR count). The van der Waals surface area contributed by atoms with E-state index in [1.165, 1.54) is 32.1 Å². The van der Waals surface area contributed by atoms with Crippen LogP contribution in [-0.4, -0.2) is 40.2 Å². The fourth-order valence-electron chi connectivity index (χ4n) is 1.72. The van der Waals surface area contributed by atoms with E-state index in [0.29, 0.717) is 6.42 Å². The zero-order valence-electron chi connectivity index (χ0n) is 13.9. The molecule has 0 aromatic rings. The molecule has 0 fully saturated rings. The molecule has 0 aliphatic carbocycles. The van der Waals surface area contributed by atoms with Crippen LogP contribution in [0.1, 0.15) is 58.3 Å². The maximum Gasteiger partial charge on any atom is 0.530 e. The molecule has 10 heteroatoms. The number of carbonyl (C=O) groups excluding carboxylic acids is 1. The molecule has 0 aromatic carbocycles. The van der Waals surface area contributed by atoms with Gasteiger partial charge >= 0.3 is 16.6 Å². The molecule has 0 saturated carbocycles. The first-order chi connectivity index (χ1) is 10.9. The van der Waals surface area contributed by atoms with Crippen molar-refractivity contribution in [1.29, 1.82) is 0 Å². The molecule has 138 valence electrons. The van der Waals surface area contributed by atoms with E-state index in [9.17, 15) is 13.2 Å². The Kier molecular flexibility index (Phi) is 12.9. The normalized spacial score (nSPS) is 11.7. The number of unbranched alkanes of at least 4 members (excludes halogenated alkanes) is 7. The lowest BCUT2D eigenvalue weighted by molar-refractivity contribution is -0.287. The summed E-state index contributed by atoms with van der Waals surface area (Å²) >= 11 is 0. The van der Waals surface area contributed by atoms with Crippen LogP contribution in [0.15, 0.2) is 0 Å². The van der Waals surface area contributed by atoms with Gasteiger partial charge in [0, 0.05) is 5.23 Å². The first kappa shape index (κ1) is 22.1. The van der Waals surface area contributed by atoms with Crippen LogP contribution in [0.5, 0.6) is 0 Å². The molecule has 0 aliphatic heterocycles. The second-order valence-electron chi connectivity index (χ2n) is 4.83. The molecule has 23 heavy (non-hydrogen) atoms. The number of nitrogens with two attached hydrogens (primary N) is 1. The fourth-order valence-corrected chi connectivity index (χ4v) is 2.07. The Morgan fingerprint density at radius 1 is 1.04 bits per heavy atom. The predicted octanol–water partition coefficient (Wildman–Crippen LogP) is 2.24. The van der Waals surface area contributed by atoms with E-state index >= 15 is 0 Å². The lowest BCUT2D eigenvalue weighted by Gasteiger charge is -2.16. The largest absolute Gasteiger partial charge is 0.530 e. The number of hydroxylamine groups is 2. The molecule has 0 aliphatic rings. The lowest BCUT2D eigenvalue weighted by Crippen LogP contribution is -2.35. The number of hydrogen-bond acceptors (Lipinski definition) is 9. The summed E-state index contributed by atoms with van der Waals surface area (Å²) in [5.74, 6) is 0. The highest BCUT2D eigenvalue weighted by Gasteiger charge is 2.20. The maximum atomic E-state index is 11.3. The van der Waals surface area contributed by atoms with E-state index < -0.39 is 23.2 Å². The Bertz CT molecular complexity index is 403. The summed E-state index contributed by atoms with van der Waals surface area (Å²) in [7, 11) is -3.41. The molecule has 0 atom stereocenters. The van der Waals surface area contributed by atoms with Gasteiger partial charge in [-0.3, -0.25) is 4.18 Å². The van der Waals surface area contributed by atoms with Gasteiger partial charge in [0.25, 0.3) is 0 Å². The average Bonchev–Trinajstić information content (AvgIpc) is 2.52. The molecule has 0 amide bonds. The molecule has 9 nitrogen and oxygen atoms in total. The van der Waals surface area contributed by atoms with Gasteiger partial charge in [0.1, 0.15) is 6.67 Å². The second-order valence-corrected chi connectivity index (χ2v) is 6.13. The van der Waals surface area contributed by atoms with Gasteiger partial charge in [0.05, 0.1) is 13.7 Å². The summed E-state index contributed by atoms with van der Waals surface area (Å²) in [4.78, 5) is 15.8. The SMILES string of the molecule is CCCCCCCCCCOC(=O)ON(CN)OS(=O)(=O)OC. The van der Waals surface area contributed by atoms with Crippen molar-refractivity contribution in [2.75, 3.05) is 20.4 Å². The second kappa shape index (κ2) is 13.5. The van der Waals surface area contributed by atoms with Crippen molar-refractivity contribution in [3.63, 3.8) is 0 Å². The average molecular weight is 356 g/mol. The van der Waals surface area contributed by atoms with Gasteiger partial charge in [0.2, 0.25) is 0 Å². The van der Waals surface area contributed by atoms with Crippen LogP contribution in [0, 0.1) is 0 Å². The highest BCUT2D eigenvalue weighted by molar-refractivity contribution is 7.81. The minimum atomic E-state index is -4.31. The topological polar surface area (TPSA) is 117 Å². The van der Waals surface area contributed by atoms with Crippen LogP contribution in [0.25, 0.3) is 0 Å². The molecule has 0 unspecified atom stereocenters. The van der Waals surface area contributed by atoms with Gasteiger partial charge in [-0.2, -0.15) is 8.42 Å². The van der Waals surface area contributed by atoms with Gasteiger partial charge in [-0.25, -0.2) is 4.79 Å². The number of carbonyl (C=O) groups is 1. The van der Waals surface area contributed by atoms with Gasteiger partial charge in [-0.05, 0) is 6.42 Å². The highest BCUT2D eigenvalue weighted by Crippen LogP contribution is 2.08. The Morgan fingerprint density at radius 2 is 1.61 bits per heavy atom. The number of nitrogens with zero attached hydrogens (tertiary/aromatic N) is 1. The smallest absolute Gasteiger partial charge is 0.433 e. The van der Waals surface area contributed by atoms with Crippen LogP contribution in [0.4, 0.5) is 4.79 Å². The summed E-state index contributed by atoms with van der Waals surface area (Å²) < 4.78 is 35.1. The van der Waals surface area contributed by atoms with Crippen LogP contribution >= 0.6 is 0 Å². The van der Waals surface area contributed by atoms with Gasteiger partial charge in [0.15, 0.2) is 0 Å². The molecular weight excluding hydrogens is 328 g/mol. The Hall–Kier alpha value is -0.940. The van der Waals surface area contributed by atoms with E-state index in [1.807, 2.05) is 0 Å². The summed E-state index contributed by atoms with van der Waals surface area (Å²) in [6.45, 7) is 1.86. The summed E-state index contributed by atoms with van der Waals surface area (Å²) in [6, 6.07) is 0. The molecule has 0 radical (unpaired) electrons. The third kappa shape index (κ3) is 13.2. The summed E-state index contributed by atoms with van der Waals surface area (Å²) in [5.41, 5.74) is 5.18. The minimum absolute atomic E-state index is 0.184. The number of hydrogen-bond donors (Lipinski definition) is 1. The van der Waals surface area contributed by atoms with Gasteiger partial charge < -0.3 is 15.3 Å². The molecule has 0 bridgehead atoms. The van der Waals surface area contributed by atoms with E-state index in [4.69, 9.17) is 10.5 Å². The molecular formula is C13H28N2O7S. The molecule has 0 spiro atoms. The zero-order chi connectivity index (χ0) is 17.6. The first-order valence-corrected chi connectivity index (χ1v) is 9.11. The van der Waals surface area contributed by atoms with E-state index in [-0.39, 0.29) is 11.8 Å². The first-order valence-electron chi connectivity index (χ1n) is 7.77. The van der Waals surface area contributed by atoms with Crippen LogP contribution in [-0.2, 0) is 28.4 Å². The fraction of sp³-hybridized carbons (Fsp3) is 0.923. The van der Waals surface area contributed by atoms with Crippen molar-refractivity contribution < 1.29 is 31.3 Å². The van der Waals surface area contributed by atoms with Crippen molar-refractivity contribution in [2.24, 2.45) is 5.73 Å². The van der Waals surface area contributed by atoms with Crippen molar-refractivity contribution in [3.8, 4) is 0 Å². The van der Waals surface area contributed by atoms with Crippen LogP contribution in [0.3, 0.4) is 0 Å². The highest BCUT2D eigenvalue weighted by atomic mass is 32.3. The molecule has 2 N–H and O–H groups in total. The third-order valence-corrected chi connectivity index (χ3v) is 3.68. The zero-order valence-corrected chi connectivity index (χ0v) is 14.7. The number of ether oxygens (including phenoxy) is 1. The number of rotatable bonds is 14. The molecule has 0 aromatic heterocycles. The van der Waals surface area contributed by atoms with Crippen molar-refractivity contribution in [1.82, 2.24) is 5.23 Å². The van der Waals surface area contributed by atoms with E-state index in [0.717, 1.165) is 20.0 Å². The Labute approximate surface area is 138 Å². The Morgan fingerprint density at radius 3 is 2.13 bits per heavy atom. The van der Waals surface area contributed by atoms with Crippen LogP contribution < -0.4 is 5.73 Å². The Balaban J connectivity index is 3.69. The minimum Gasteiger partial charge on any atom is -0.433 e. The predicted molar refractivity (Wildman–Crippen MR) is 83.0 cm³/mol. The standard InChI is InChI=1S/C13H28N2O7S/c1-3-4-5-6-7-8-9-10-11-20-13(16)21-15(12-14)22-23(17,18)19-2/h3-12,14H2,1-2H3. The van der Waals surface area contributed by atoms with Crippen molar-refractivity contribution in [2.45, 2.75) is 58.3 Å². The van der Waals surface area contributed by atoms with Gasteiger partial charge in [-0.1, -0.05) is 51.9 Å². The van der Waals surface area contributed by atoms with Crippen LogP contribution in [0.2, 0.25) is 0 Å². The van der Waals surface area contributed by atoms with E-state index in [2.05, 4.69) is 20.2 Å². The monoisotopic (exact) mass is 356 g/mol. The molecule has 0 saturated heterocycles. The summed E-state index contributed by atoms with van der Waals surface area (Å²) in [5, 5.41) is 0.259. The molecule has 0 heterocycles. The van der Waals surface area contributed by atoms with Crippen molar-refractivity contribution in [3.05, 3.63) is 0 Å². The lowest BCUT2D eigenvalue weighted by atomic mass is 10.1. The third-order valence-electron chi connectivity index (χ3n) is 2.92. The summed E-state index contributed by atoms with van der Waals surface area (Å²) in [6.07, 6.45) is 7.83. The van der Waals surface area contributed by atoms with Crippen molar-refractivity contribution >= 4 is 16.6 Å².